The van der Waals surface area contributed by atoms with Crippen molar-refractivity contribution >= 4 is 11.8 Å². The first-order valence-corrected chi connectivity index (χ1v) is 7.53. The molecule has 1 aliphatic rings. The molecule has 0 bridgehead atoms. The van der Waals surface area contributed by atoms with Crippen LogP contribution in [0.4, 0.5) is 0 Å². The van der Waals surface area contributed by atoms with Crippen LogP contribution in [-0.2, 0) is 0 Å². The highest BCUT2D eigenvalue weighted by Crippen LogP contribution is 2.33. The molecule has 0 radical (unpaired) electrons. The van der Waals surface area contributed by atoms with Gasteiger partial charge < -0.3 is 10.1 Å². The van der Waals surface area contributed by atoms with Crippen molar-refractivity contribution in [2.24, 2.45) is 0 Å². The summed E-state index contributed by atoms with van der Waals surface area (Å²) >= 11 is 1.79. The molecular formula is C14H21NOS. The minimum atomic E-state index is 0.458. The summed E-state index contributed by atoms with van der Waals surface area (Å²) < 4.78 is 5.49. The van der Waals surface area contributed by atoms with Crippen molar-refractivity contribution in [3.05, 3.63) is 23.8 Å². The number of hydrogen-bond acceptors (Lipinski definition) is 3. The average Bonchev–Trinajstić information content (AvgIpc) is 2.66. The number of nitrogens with one attached hydrogen (secondary N) is 1. The molecule has 1 N–H and O–H groups in total. The molecule has 1 aromatic rings. The molecule has 17 heavy (non-hydrogen) atoms. The lowest BCUT2D eigenvalue weighted by Crippen LogP contribution is -2.20. The molecule has 0 spiro atoms. The van der Waals surface area contributed by atoms with Crippen LogP contribution in [0.3, 0.4) is 0 Å². The van der Waals surface area contributed by atoms with Gasteiger partial charge in [0.15, 0.2) is 0 Å². The number of rotatable bonds is 3. The zero-order valence-electron chi connectivity index (χ0n) is 10.7. The lowest BCUT2D eigenvalue weighted by molar-refractivity contribution is 0.397. The highest BCUT2D eigenvalue weighted by atomic mass is 32.2. The molecule has 0 amide bonds. The van der Waals surface area contributed by atoms with Gasteiger partial charge in [0, 0.05) is 16.5 Å². The van der Waals surface area contributed by atoms with E-state index >= 15 is 0 Å². The summed E-state index contributed by atoms with van der Waals surface area (Å²) in [7, 11) is 1.76. The first-order valence-electron chi connectivity index (χ1n) is 6.30. The Morgan fingerprint density at radius 2 is 2.18 bits per heavy atom. The molecule has 0 aromatic heterocycles. The van der Waals surface area contributed by atoms with Crippen molar-refractivity contribution in [1.82, 2.24) is 5.32 Å². The van der Waals surface area contributed by atoms with Crippen molar-refractivity contribution in [2.75, 3.05) is 19.9 Å². The van der Waals surface area contributed by atoms with Gasteiger partial charge in [-0.25, -0.2) is 0 Å². The van der Waals surface area contributed by atoms with Crippen molar-refractivity contribution in [2.45, 2.75) is 36.6 Å². The SMILES string of the molecule is COc1ccc(SC)cc1C1CCCCCN1. The van der Waals surface area contributed by atoms with Crippen molar-refractivity contribution in [1.29, 1.82) is 0 Å². The normalized spacial score (nSPS) is 20.9. The molecule has 1 fully saturated rings. The monoisotopic (exact) mass is 251 g/mol. The van der Waals surface area contributed by atoms with Crippen LogP contribution in [-0.4, -0.2) is 19.9 Å². The van der Waals surface area contributed by atoms with E-state index < -0.39 is 0 Å². The Balaban J connectivity index is 2.26. The Bertz CT molecular complexity index is 359. The lowest BCUT2D eigenvalue weighted by Gasteiger charge is -2.19. The minimum absolute atomic E-state index is 0.458. The Labute approximate surface area is 108 Å². The standard InChI is InChI=1S/C14H21NOS/c1-16-14-8-7-11(17-2)10-12(14)13-6-4-3-5-9-15-13/h7-8,10,13,15H,3-6,9H2,1-2H3. The van der Waals surface area contributed by atoms with Gasteiger partial charge in [-0.2, -0.15) is 0 Å². The molecule has 94 valence electrons. The fourth-order valence-electron chi connectivity index (χ4n) is 2.41. The van der Waals surface area contributed by atoms with E-state index in [0.29, 0.717) is 6.04 Å². The molecule has 3 heteroatoms. The van der Waals surface area contributed by atoms with E-state index in [9.17, 15) is 0 Å². The van der Waals surface area contributed by atoms with E-state index in [1.54, 1.807) is 18.9 Å². The number of methoxy groups -OCH3 is 1. The Kier molecular flexibility index (Phi) is 4.75. The maximum absolute atomic E-state index is 5.49. The van der Waals surface area contributed by atoms with E-state index in [4.69, 9.17) is 4.74 Å². The zero-order chi connectivity index (χ0) is 12.1. The maximum atomic E-state index is 5.49. The van der Waals surface area contributed by atoms with E-state index in [1.165, 1.54) is 36.1 Å². The van der Waals surface area contributed by atoms with Gasteiger partial charge in [-0.3, -0.25) is 0 Å². The van der Waals surface area contributed by atoms with Gasteiger partial charge in [0.05, 0.1) is 7.11 Å². The summed E-state index contributed by atoms with van der Waals surface area (Å²) in [6.45, 7) is 1.12. The predicted molar refractivity (Wildman–Crippen MR) is 74.0 cm³/mol. The quantitative estimate of drug-likeness (QED) is 0.829. The molecule has 1 unspecified atom stereocenters. The molecule has 1 heterocycles. The fourth-order valence-corrected chi connectivity index (χ4v) is 2.85. The number of benzene rings is 1. The van der Waals surface area contributed by atoms with Gasteiger partial charge in [0.2, 0.25) is 0 Å². The predicted octanol–water partition coefficient (Wildman–Crippen LogP) is 3.62. The lowest BCUT2D eigenvalue weighted by atomic mass is 10.0. The Morgan fingerprint density at radius 1 is 1.29 bits per heavy atom. The summed E-state index contributed by atoms with van der Waals surface area (Å²) in [5.74, 6) is 1.02. The first-order chi connectivity index (χ1) is 8.35. The van der Waals surface area contributed by atoms with Gasteiger partial charge >= 0.3 is 0 Å². The summed E-state index contributed by atoms with van der Waals surface area (Å²) in [6.07, 6.45) is 7.28. The van der Waals surface area contributed by atoms with Crippen molar-refractivity contribution in [3.63, 3.8) is 0 Å². The highest BCUT2D eigenvalue weighted by Gasteiger charge is 2.17. The molecule has 0 saturated carbocycles. The topological polar surface area (TPSA) is 21.3 Å². The van der Waals surface area contributed by atoms with Gasteiger partial charge in [-0.1, -0.05) is 12.8 Å². The van der Waals surface area contributed by atoms with Crippen LogP contribution in [0.2, 0.25) is 0 Å². The fraction of sp³-hybridized carbons (Fsp3) is 0.571. The van der Waals surface area contributed by atoms with Crippen molar-refractivity contribution in [3.8, 4) is 5.75 Å². The molecular weight excluding hydrogens is 230 g/mol. The van der Waals surface area contributed by atoms with Crippen LogP contribution < -0.4 is 10.1 Å². The summed E-state index contributed by atoms with van der Waals surface area (Å²) in [4.78, 5) is 1.31. The van der Waals surface area contributed by atoms with E-state index in [0.717, 1.165) is 12.3 Å². The van der Waals surface area contributed by atoms with E-state index in [-0.39, 0.29) is 0 Å². The van der Waals surface area contributed by atoms with Gasteiger partial charge in [-0.15, -0.1) is 11.8 Å². The third-order valence-corrected chi connectivity index (χ3v) is 4.10. The Hall–Kier alpha value is -0.670. The second kappa shape index (κ2) is 6.31. The minimum Gasteiger partial charge on any atom is -0.496 e. The second-order valence-corrected chi connectivity index (χ2v) is 5.34. The number of hydrogen-bond donors (Lipinski definition) is 1. The van der Waals surface area contributed by atoms with E-state index in [2.05, 4.69) is 29.8 Å². The molecule has 2 rings (SSSR count). The first kappa shape index (κ1) is 12.8. The van der Waals surface area contributed by atoms with E-state index in [1.807, 2.05) is 0 Å². The number of thioether (sulfide) groups is 1. The molecule has 1 saturated heterocycles. The third kappa shape index (κ3) is 3.17. The van der Waals surface area contributed by atoms with Crippen LogP contribution in [0.1, 0.15) is 37.3 Å². The third-order valence-electron chi connectivity index (χ3n) is 3.37. The van der Waals surface area contributed by atoms with Crippen LogP contribution in [0.15, 0.2) is 23.1 Å². The zero-order valence-corrected chi connectivity index (χ0v) is 11.5. The van der Waals surface area contributed by atoms with Gasteiger partial charge in [-0.05, 0) is 43.8 Å². The molecule has 0 aliphatic carbocycles. The maximum Gasteiger partial charge on any atom is 0.123 e. The summed E-state index contributed by atoms with van der Waals surface area (Å²) in [5, 5.41) is 3.63. The molecule has 1 aliphatic heterocycles. The van der Waals surface area contributed by atoms with Gasteiger partial charge in [0.25, 0.3) is 0 Å². The van der Waals surface area contributed by atoms with Crippen LogP contribution in [0, 0.1) is 0 Å². The summed E-state index contributed by atoms with van der Waals surface area (Å²) in [5.41, 5.74) is 1.32. The van der Waals surface area contributed by atoms with Crippen LogP contribution >= 0.6 is 11.8 Å². The second-order valence-electron chi connectivity index (χ2n) is 4.46. The smallest absolute Gasteiger partial charge is 0.123 e. The molecule has 1 aromatic carbocycles. The summed E-state index contributed by atoms with van der Waals surface area (Å²) in [6, 6.07) is 6.95. The van der Waals surface area contributed by atoms with Crippen molar-refractivity contribution < 1.29 is 4.74 Å². The van der Waals surface area contributed by atoms with Crippen LogP contribution in [0.5, 0.6) is 5.75 Å². The largest absolute Gasteiger partial charge is 0.496 e. The average molecular weight is 251 g/mol. The highest BCUT2D eigenvalue weighted by molar-refractivity contribution is 7.98. The van der Waals surface area contributed by atoms with Crippen LogP contribution in [0.25, 0.3) is 0 Å². The molecule has 2 nitrogen and oxygen atoms in total. The molecule has 1 atom stereocenters. The number of ether oxygens (including phenoxy) is 1. The van der Waals surface area contributed by atoms with Gasteiger partial charge in [0.1, 0.15) is 5.75 Å². The Morgan fingerprint density at radius 3 is 2.94 bits per heavy atom.